The lowest BCUT2D eigenvalue weighted by Crippen LogP contribution is -2.36. The topological polar surface area (TPSA) is 102 Å². The summed E-state index contributed by atoms with van der Waals surface area (Å²) in [5.41, 5.74) is 6.99. The molecule has 0 saturated carbocycles. The monoisotopic (exact) mass is 458 g/mol. The first-order valence-electron chi connectivity index (χ1n) is 9.70. The van der Waals surface area contributed by atoms with Gasteiger partial charge in [0.1, 0.15) is 34.4 Å². The van der Waals surface area contributed by atoms with E-state index in [9.17, 15) is 4.57 Å². The smallest absolute Gasteiger partial charge is 0.274 e. The first-order valence-corrected chi connectivity index (χ1v) is 11.4. The van der Waals surface area contributed by atoms with E-state index in [2.05, 4.69) is 21.2 Å². The number of nitrogens with one attached hydrogen (secondary N) is 4. The van der Waals surface area contributed by atoms with Gasteiger partial charge in [-0.3, -0.25) is 4.57 Å². The number of hydrogen-bond acceptors (Lipinski definition) is 7. The zero-order valence-electron chi connectivity index (χ0n) is 18.3. The van der Waals surface area contributed by atoms with E-state index >= 15 is 0 Å². The Hall–Kier alpha value is -3.39. The van der Waals surface area contributed by atoms with Gasteiger partial charge in [-0.25, -0.2) is 0 Å². The van der Waals surface area contributed by atoms with Gasteiger partial charge in [-0.15, -0.1) is 0 Å². The molecule has 10 heteroatoms. The highest BCUT2D eigenvalue weighted by molar-refractivity contribution is 7.67. The van der Waals surface area contributed by atoms with Crippen molar-refractivity contribution in [1.29, 1.82) is 0 Å². The van der Waals surface area contributed by atoms with Crippen molar-refractivity contribution < 1.29 is 23.5 Å². The molecule has 0 fully saturated rings. The molecule has 0 saturated heterocycles. The van der Waals surface area contributed by atoms with Crippen LogP contribution < -0.4 is 45.5 Å². The Morgan fingerprint density at radius 1 is 0.562 bits per heavy atom. The van der Waals surface area contributed by atoms with Gasteiger partial charge >= 0.3 is 0 Å². The van der Waals surface area contributed by atoms with Crippen LogP contribution in [0.25, 0.3) is 0 Å². The minimum atomic E-state index is -3.47. The second kappa shape index (κ2) is 10.8. The first-order chi connectivity index (χ1) is 15.6. The van der Waals surface area contributed by atoms with Crippen molar-refractivity contribution in [3.05, 3.63) is 66.7 Å². The molecule has 0 aromatic heterocycles. The number of hydrogen-bond donors (Lipinski definition) is 4. The number of rotatable bonds is 11. The highest BCUT2D eigenvalue weighted by Gasteiger charge is 2.26. The van der Waals surface area contributed by atoms with Gasteiger partial charge in [0.15, 0.2) is 0 Å². The van der Waals surface area contributed by atoms with Crippen LogP contribution in [-0.2, 0) is 4.57 Å². The Morgan fingerprint density at radius 3 is 1.28 bits per heavy atom. The minimum absolute atomic E-state index is 0.505. The largest absolute Gasteiger partial charge is 0.494 e. The van der Waals surface area contributed by atoms with Gasteiger partial charge in [0.05, 0.1) is 28.4 Å². The molecule has 3 aromatic carbocycles. The average Bonchev–Trinajstić information content (AvgIpc) is 2.86. The van der Waals surface area contributed by atoms with Crippen LogP contribution in [0.4, 0.5) is 11.4 Å². The van der Waals surface area contributed by atoms with Crippen molar-refractivity contribution in [2.75, 3.05) is 39.3 Å². The third-order valence-electron chi connectivity index (χ3n) is 4.65. The molecule has 0 aliphatic rings. The van der Waals surface area contributed by atoms with E-state index in [0.29, 0.717) is 39.7 Å². The summed E-state index contributed by atoms with van der Waals surface area (Å²) in [6, 6.07) is 19.6. The maximum absolute atomic E-state index is 14.0. The van der Waals surface area contributed by atoms with Crippen molar-refractivity contribution in [3.8, 4) is 23.0 Å². The lowest BCUT2D eigenvalue weighted by atomic mass is 10.3. The summed E-state index contributed by atoms with van der Waals surface area (Å²) in [5, 5.41) is 6.36. The van der Waals surface area contributed by atoms with Crippen LogP contribution in [0, 0.1) is 0 Å². The molecule has 0 aliphatic carbocycles. The molecule has 3 rings (SSSR count). The predicted molar refractivity (Wildman–Crippen MR) is 126 cm³/mol. The number of anilines is 2. The molecular formula is C22H27N4O5P. The van der Waals surface area contributed by atoms with E-state index in [1.807, 2.05) is 6.07 Å². The van der Waals surface area contributed by atoms with Crippen LogP contribution in [0.15, 0.2) is 66.7 Å². The summed E-state index contributed by atoms with van der Waals surface area (Å²) in [4.78, 5) is 0. The van der Waals surface area contributed by atoms with E-state index in [1.54, 1.807) is 89.1 Å². The molecule has 170 valence electrons. The zero-order chi connectivity index (χ0) is 23.0. The van der Waals surface area contributed by atoms with Crippen molar-refractivity contribution in [2.24, 2.45) is 0 Å². The molecule has 0 amide bonds. The summed E-state index contributed by atoms with van der Waals surface area (Å²) in [5.74, 6) is 2.10. The SMILES string of the molecule is COc1cccc(OC)c1NNP(=O)(NNc1c(OC)cccc1OC)c1ccccc1. The normalized spacial score (nSPS) is 10.9. The van der Waals surface area contributed by atoms with E-state index < -0.39 is 7.44 Å². The third kappa shape index (κ3) is 5.08. The maximum atomic E-state index is 14.0. The van der Waals surface area contributed by atoms with Crippen LogP contribution in [0.2, 0.25) is 0 Å². The van der Waals surface area contributed by atoms with Crippen molar-refractivity contribution in [2.45, 2.75) is 0 Å². The van der Waals surface area contributed by atoms with E-state index in [1.165, 1.54) is 0 Å². The summed E-state index contributed by atoms with van der Waals surface area (Å²) in [7, 11) is 2.72. The van der Waals surface area contributed by atoms with Crippen molar-refractivity contribution >= 4 is 24.1 Å². The fourth-order valence-electron chi connectivity index (χ4n) is 3.01. The molecule has 4 N–H and O–H groups in total. The summed E-state index contributed by atoms with van der Waals surface area (Å²) >= 11 is 0. The van der Waals surface area contributed by atoms with Crippen molar-refractivity contribution in [3.63, 3.8) is 0 Å². The van der Waals surface area contributed by atoms with Crippen LogP contribution in [0.5, 0.6) is 23.0 Å². The van der Waals surface area contributed by atoms with Crippen LogP contribution >= 0.6 is 7.44 Å². The molecule has 0 atom stereocenters. The molecule has 0 bridgehead atoms. The fraction of sp³-hybridized carbons (Fsp3) is 0.182. The highest BCUT2D eigenvalue weighted by atomic mass is 31.2. The van der Waals surface area contributed by atoms with Crippen LogP contribution in [0.3, 0.4) is 0 Å². The van der Waals surface area contributed by atoms with Gasteiger partial charge < -0.3 is 29.8 Å². The van der Waals surface area contributed by atoms with Gasteiger partial charge in [-0.1, -0.05) is 30.3 Å². The standard InChI is InChI=1S/C22H27N4O5P/c1-28-17-12-8-13-18(29-2)21(17)23-25-32(27,16-10-6-5-7-11-16)26-24-22-19(30-3)14-9-15-20(22)31-4/h5-15,23-24H,1-4H3,(H2,25,26,27). The van der Waals surface area contributed by atoms with E-state index in [-0.39, 0.29) is 0 Å². The van der Waals surface area contributed by atoms with Gasteiger partial charge in [-0.05, 0) is 36.4 Å². The highest BCUT2D eigenvalue weighted by Crippen LogP contribution is 2.40. The lowest BCUT2D eigenvalue weighted by Gasteiger charge is -2.25. The number of methoxy groups -OCH3 is 4. The number of ether oxygens (including phenoxy) is 4. The molecule has 32 heavy (non-hydrogen) atoms. The van der Waals surface area contributed by atoms with E-state index in [0.717, 1.165) is 0 Å². The summed E-state index contributed by atoms with van der Waals surface area (Å²) in [6.07, 6.45) is 0. The predicted octanol–water partition coefficient (Wildman–Crippen LogP) is 3.77. The lowest BCUT2D eigenvalue weighted by molar-refractivity contribution is 0.397. The Kier molecular flexibility index (Phi) is 7.83. The zero-order valence-corrected chi connectivity index (χ0v) is 19.2. The van der Waals surface area contributed by atoms with Gasteiger partial charge in [0.25, 0.3) is 7.44 Å². The Bertz CT molecular complexity index is 973. The second-order valence-corrected chi connectivity index (χ2v) is 8.68. The number of hydrazine groups is 2. The van der Waals surface area contributed by atoms with Crippen LogP contribution in [-0.4, -0.2) is 28.4 Å². The third-order valence-corrected chi connectivity index (χ3v) is 6.53. The Balaban J connectivity index is 1.92. The number of para-hydroxylation sites is 2. The van der Waals surface area contributed by atoms with Crippen LogP contribution in [0.1, 0.15) is 0 Å². The molecule has 0 aliphatic heterocycles. The molecule has 0 unspecified atom stereocenters. The Labute approximate surface area is 187 Å². The minimum Gasteiger partial charge on any atom is -0.494 e. The molecule has 3 aromatic rings. The van der Waals surface area contributed by atoms with Crippen molar-refractivity contribution in [1.82, 2.24) is 10.4 Å². The van der Waals surface area contributed by atoms with Gasteiger partial charge in [0, 0.05) is 5.30 Å². The van der Waals surface area contributed by atoms with Gasteiger partial charge in [0.2, 0.25) is 0 Å². The second-order valence-electron chi connectivity index (χ2n) is 6.49. The fourth-order valence-corrected chi connectivity index (χ4v) is 4.46. The summed E-state index contributed by atoms with van der Waals surface area (Å²) in [6.45, 7) is 0. The molecule has 9 nitrogen and oxygen atoms in total. The first kappa shape index (κ1) is 23.3. The molecular weight excluding hydrogens is 431 g/mol. The molecule has 0 radical (unpaired) electrons. The number of benzene rings is 3. The van der Waals surface area contributed by atoms with Gasteiger partial charge in [-0.2, -0.15) is 10.4 Å². The quantitative estimate of drug-likeness (QED) is 0.253. The van der Waals surface area contributed by atoms with E-state index in [4.69, 9.17) is 18.9 Å². The summed E-state index contributed by atoms with van der Waals surface area (Å²) < 4.78 is 35.7. The molecule has 0 spiro atoms. The maximum Gasteiger partial charge on any atom is 0.274 e. The average molecular weight is 458 g/mol. The molecule has 0 heterocycles. The Morgan fingerprint density at radius 2 is 0.938 bits per heavy atom.